The zero-order valence-corrected chi connectivity index (χ0v) is 8.29. The SMILES string of the molecule is COc1ccc2n[nH]c(C)c2c1CN. The second-order valence-electron chi connectivity index (χ2n) is 3.19. The molecule has 0 saturated carbocycles. The third-order valence-corrected chi connectivity index (χ3v) is 2.39. The molecule has 0 saturated heterocycles. The van der Waals surface area contributed by atoms with Gasteiger partial charge < -0.3 is 10.5 Å². The van der Waals surface area contributed by atoms with Gasteiger partial charge in [0.25, 0.3) is 0 Å². The zero-order valence-electron chi connectivity index (χ0n) is 8.29. The summed E-state index contributed by atoms with van der Waals surface area (Å²) in [6.45, 7) is 2.44. The standard InChI is InChI=1S/C10H13N3O/c1-6-10-7(5-11)9(14-2)4-3-8(10)13-12-6/h3-4H,5,11H2,1-2H3,(H,12,13). The molecule has 1 aromatic carbocycles. The summed E-state index contributed by atoms with van der Waals surface area (Å²) in [6.07, 6.45) is 0. The van der Waals surface area contributed by atoms with Crippen LogP contribution in [0.25, 0.3) is 10.9 Å². The Bertz CT molecular complexity index is 462. The van der Waals surface area contributed by atoms with Crippen LogP contribution in [-0.4, -0.2) is 17.3 Å². The van der Waals surface area contributed by atoms with Crippen LogP contribution >= 0.6 is 0 Å². The van der Waals surface area contributed by atoms with Gasteiger partial charge in [-0.2, -0.15) is 5.10 Å². The second kappa shape index (κ2) is 3.31. The number of fused-ring (bicyclic) bond motifs is 1. The molecule has 0 amide bonds. The first-order valence-corrected chi connectivity index (χ1v) is 4.48. The van der Waals surface area contributed by atoms with Crippen molar-refractivity contribution in [3.05, 3.63) is 23.4 Å². The maximum atomic E-state index is 5.70. The summed E-state index contributed by atoms with van der Waals surface area (Å²) < 4.78 is 5.25. The Balaban J connectivity index is 2.81. The smallest absolute Gasteiger partial charge is 0.124 e. The van der Waals surface area contributed by atoms with Crippen molar-refractivity contribution >= 4 is 10.9 Å². The van der Waals surface area contributed by atoms with Crippen molar-refractivity contribution in [2.24, 2.45) is 5.73 Å². The van der Waals surface area contributed by atoms with Crippen LogP contribution in [0.1, 0.15) is 11.3 Å². The molecule has 0 spiro atoms. The number of benzene rings is 1. The molecule has 0 atom stereocenters. The lowest BCUT2D eigenvalue weighted by molar-refractivity contribution is 0.410. The predicted octanol–water partition coefficient (Wildman–Crippen LogP) is 1.34. The van der Waals surface area contributed by atoms with E-state index in [4.69, 9.17) is 10.5 Å². The highest BCUT2D eigenvalue weighted by atomic mass is 16.5. The van der Waals surface area contributed by atoms with Crippen LogP contribution in [0.3, 0.4) is 0 Å². The van der Waals surface area contributed by atoms with E-state index in [0.717, 1.165) is 27.9 Å². The molecule has 2 aromatic rings. The lowest BCUT2D eigenvalue weighted by Gasteiger charge is -2.07. The number of ether oxygens (including phenoxy) is 1. The molecule has 14 heavy (non-hydrogen) atoms. The fraction of sp³-hybridized carbons (Fsp3) is 0.300. The minimum Gasteiger partial charge on any atom is -0.496 e. The van der Waals surface area contributed by atoms with Crippen LogP contribution in [0.5, 0.6) is 5.75 Å². The Morgan fingerprint density at radius 1 is 1.50 bits per heavy atom. The lowest BCUT2D eigenvalue weighted by atomic mass is 10.1. The first kappa shape index (κ1) is 9.02. The number of rotatable bonds is 2. The van der Waals surface area contributed by atoms with E-state index in [0.29, 0.717) is 6.54 Å². The van der Waals surface area contributed by atoms with Crippen molar-refractivity contribution in [2.75, 3.05) is 7.11 Å². The molecule has 0 fully saturated rings. The Labute approximate surface area is 82.1 Å². The molecule has 74 valence electrons. The molecule has 0 unspecified atom stereocenters. The van der Waals surface area contributed by atoms with Gasteiger partial charge in [0.2, 0.25) is 0 Å². The largest absolute Gasteiger partial charge is 0.496 e. The quantitative estimate of drug-likeness (QED) is 0.752. The van der Waals surface area contributed by atoms with Gasteiger partial charge in [-0.15, -0.1) is 0 Å². The van der Waals surface area contributed by atoms with E-state index < -0.39 is 0 Å². The van der Waals surface area contributed by atoms with Crippen LogP contribution < -0.4 is 10.5 Å². The van der Waals surface area contributed by atoms with E-state index in [1.807, 2.05) is 19.1 Å². The molecule has 1 aromatic heterocycles. The molecule has 0 aliphatic carbocycles. The van der Waals surface area contributed by atoms with Gasteiger partial charge in [0.15, 0.2) is 0 Å². The van der Waals surface area contributed by atoms with Crippen molar-refractivity contribution in [1.29, 1.82) is 0 Å². The molecular formula is C10H13N3O. The summed E-state index contributed by atoms with van der Waals surface area (Å²) in [5.41, 5.74) is 8.67. The molecule has 2 rings (SSSR count). The van der Waals surface area contributed by atoms with Crippen LogP contribution in [-0.2, 0) is 6.54 Å². The highest BCUT2D eigenvalue weighted by molar-refractivity contribution is 5.86. The van der Waals surface area contributed by atoms with Crippen LogP contribution in [0.2, 0.25) is 0 Å². The number of H-pyrrole nitrogens is 1. The number of nitrogens with two attached hydrogens (primary N) is 1. The number of nitrogens with one attached hydrogen (secondary N) is 1. The van der Waals surface area contributed by atoms with Gasteiger partial charge in [-0.25, -0.2) is 0 Å². The number of aryl methyl sites for hydroxylation is 1. The molecule has 4 heteroatoms. The zero-order chi connectivity index (χ0) is 10.1. The molecule has 1 heterocycles. The van der Waals surface area contributed by atoms with Gasteiger partial charge in [-0.1, -0.05) is 0 Å². The summed E-state index contributed by atoms with van der Waals surface area (Å²) in [7, 11) is 1.65. The molecule has 4 nitrogen and oxygen atoms in total. The number of hydrogen-bond acceptors (Lipinski definition) is 3. The van der Waals surface area contributed by atoms with Gasteiger partial charge in [-0.3, -0.25) is 5.10 Å². The molecule has 3 N–H and O–H groups in total. The van der Waals surface area contributed by atoms with Gasteiger partial charge >= 0.3 is 0 Å². The highest BCUT2D eigenvalue weighted by Gasteiger charge is 2.10. The average molecular weight is 191 g/mol. The number of methoxy groups -OCH3 is 1. The topological polar surface area (TPSA) is 63.9 Å². The number of aromatic amines is 1. The van der Waals surface area contributed by atoms with E-state index in [1.54, 1.807) is 7.11 Å². The molecular weight excluding hydrogens is 178 g/mol. The Hall–Kier alpha value is -1.55. The van der Waals surface area contributed by atoms with E-state index in [-0.39, 0.29) is 0 Å². The highest BCUT2D eigenvalue weighted by Crippen LogP contribution is 2.28. The summed E-state index contributed by atoms with van der Waals surface area (Å²) in [5.74, 6) is 0.824. The molecule has 0 aliphatic heterocycles. The number of aromatic nitrogens is 2. The van der Waals surface area contributed by atoms with Crippen molar-refractivity contribution < 1.29 is 4.74 Å². The van der Waals surface area contributed by atoms with E-state index in [1.165, 1.54) is 0 Å². The third-order valence-electron chi connectivity index (χ3n) is 2.39. The number of nitrogens with zero attached hydrogens (tertiary/aromatic N) is 1. The monoisotopic (exact) mass is 191 g/mol. The summed E-state index contributed by atoms with van der Waals surface area (Å²) in [4.78, 5) is 0. The Morgan fingerprint density at radius 2 is 2.29 bits per heavy atom. The van der Waals surface area contributed by atoms with Gasteiger partial charge in [0.1, 0.15) is 5.75 Å². The van der Waals surface area contributed by atoms with Crippen LogP contribution in [0.4, 0.5) is 0 Å². The van der Waals surface area contributed by atoms with E-state index in [2.05, 4.69) is 10.2 Å². The minimum atomic E-state index is 0.459. The van der Waals surface area contributed by atoms with Crippen molar-refractivity contribution in [3.63, 3.8) is 0 Å². The third kappa shape index (κ3) is 1.15. The lowest BCUT2D eigenvalue weighted by Crippen LogP contribution is -2.00. The summed E-state index contributed by atoms with van der Waals surface area (Å²) >= 11 is 0. The fourth-order valence-corrected chi connectivity index (χ4v) is 1.72. The first-order valence-electron chi connectivity index (χ1n) is 4.48. The summed E-state index contributed by atoms with van der Waals surface area (Å²) in [6, 6.07) is 3.82. The molecule has 0 bridgehead atoms. The first-order chi connectivity index (χ1) is 6.77. The van der Waals surface area contributed by atoms with Crippen molar-refractivity contribution in [3.8, 4) is 5.75 Å². The minimum absolute atomic E-state index is 0.459. The average Bonchev–Trinajstić information content (AvgIpc) is 2.59. The predicted molar refractivity (Wildman–Crippen MR) is 55.3 cm³/mol. The molecule has 0 radical (unpaired) electrons. The van der Waals surface area contributed by atoms with Gasteiger partial charge in [0, 0.05) is 23.2 Å². The van der Waals surface area contributed by atoms with Crippen LogP contribution in [0, 0.1) is 6.92 Å². The van der Waals surface area contributed by atoms with Crippen molar-refractivity contribution in [2.45, 2.75) is 13.5 Å². The maximum Gasteiger partial charge on any atom is 0.124 e. The normalized spacial score (nSPS) is 10.8. The fourth-order valence-electron chi connectivity index (χ4n) is 1.72. The number of hydrogen-bond donors (Lipinski definition) is 2. The summed E-state index contributed by atoms with van der Waals surface area (Å²) in [5, 5.41) is 8.18. The van der Waals surface area contributed by atoms with E-state index in [9.17, 15) is 0 Å². The maximum absolute atomic E-state index is 5.70. The van der Waals surface area contributed by atoms with Crippen molar-refractivity contribution in [1.82, 2.24) is 10.2 Å². The van der Waals surface area contributed by atoms with E-state index >= 15 is 0 Å². The van der Waals surface area contributed by atoms with Crippen LogP contribution in [0.15, 0.2) is 12.1 Å². The Kier molecular flexibility index (Phi) is 2.13. The Morgan fingerprint density at radius 3 is 2.93 bits per heavy atom. The van der Waals surface area contributed by atoms with Gasteiger partial charge in [0.05, 0.1) is 12.6 Å². The second-order valence-corrected chi connectivity index (χ2v) is 3.19. The van der Waals surface area contributed by atoms with Gasteiger partial charge in [-0.05, 0) is 19.1 Å². The molecule has 0 aliphatic rings.